The second kappa shape index (κ2) is 11.3. The molecule has 1 saturated heterocycles. The Morgan fingerprint density at radius 3 is 2.32 bits per heavy atom. The lowest BCUT2D eigenvalue weighted by molar-refractivity contribution is -0.115. The molecule has 0 spiro atoms. The first kappa shape index (κ1) is 25.3. The first-order chi connectivity index (χ1) is 16.3. The summed E-state index contributed by atoms with van der Waals surface area (Å²) in [7, 11) is 0. The van der Waals surface area contributed by atoms with Crippen LogP contribution in [0.5, 0.6) is 5.75 Å². The summed E-state index contributed by atoms with van der Waals surface area (Å²) in [6.45, 7) is 2.43. The molecule has 0 aromatic heterocycles. The van der Waals surface area contributed by atoms with Gasteiger partial charge in [0.2, 0.25) is 0 Å². The number of amidine groups is 1. The van der Waals surface area contributed by atoms with Gasteiger partial charge in [0, 0.05) is 0 Å². The van der Waals surface area contributed by atoms with E-state index in [9.17, 15) is 4.79 Å². The van der Waals surface area contributed by atoms with Crippen LogP contribution in [0.1, 0.15) is 23.6 Å². The summed E-state index contributed by atoms with van der Waals surface area (Å²) in [6, 6.07) is 17.2. The van der Waals surface area contributed by atoms with Gasteiger partial charge in [-0.3, -0.25) is 4.79 Å². The van der Waals surface area contributed by atoms with E-state index in [0.717, 1.165) is 32.2 Å². The lowest BCUT2D eigenvalue weighted by atomic mass is 10.2. The maximum atomic E-state index is 12.5. The summed E-state index contributed by atoms with van der Waals surface area (Å²) in [5.74, 6) is 0.468. The zero-order valence-electron chi connectivity index (χ0n) is 17.9. The number of aliphatic imine (C=N–C) groups is 1. The Morgan fingerprint density at radius 1 is 1.00 bits per heavy atom. The SMILES string of the molecule is CCc1ccc(N=C2NC(=O)/C(=C/c3cc(Br)c(OCc4ccc(Cl)c(Cl)c4)c(Br)c3)S2)cc1. The number of thioether (sulfide) groups is 1. The molecule has 9 heteroatoms. The first-order valence-electron chi connectivity index (χ1n) is 10.3. The summed E-state index contributed by atoms with van der Waals surface area (Å²) in [4.78, 5) is 17.6. The van der Waals surface area contributed by atoms with Crippen LogP contribution in [0.25, 0.3) is 6.08 Å². The topological polar surface area (TPSA) is 50.7 Å². The Labute approximate surface area is 229 Å². The third kappa shape index (κ3) is 6.26. The van der Waals surface area contributed by atoms with E-state index in [0.29, 0.717) is 32.5 Å². The number of nitrogens with zero attached hydrogens (tertiary/aromatic N) is 1. The molecule has 3 aromatic rings. The van der Waals surface area contributed by atoms with E-state index in [1.165, 1.54) is 17.3 Å². The molecule has 34 heavy (non-hydrogen) atoms. The largest absolute Gasteiger partial charge is 0.487 e. The molecule has 1 N–H and O–H groups in total. The molecule has 1 fully saturated rings. The summed E-state index contributed by atoms with van der Waals surface area (Å²) in [5, 5.41) is 4.37. The number of aryl methyl sites for hydroxylation is 1. The van der Waals surface area contributed by atoms with Crippen molar-refractivity contribution in [2.75, 3.05) is 0 Å². The van der Waals surface area contributed by atoms with Gasteiger partial charge in [-0.1, -0.05) is 48.3 Å². The van der Waals surface area contributed by atoms with Crippen molar-refractivity contribution in [1.82, 2.24) is 5.32 Å². The van der Waals surface area contributed by atoms with Crippen LogP contribution in [0.15, 0.2) is 73.4 Å². The monoisotopic (exact) mass is 638 g/mol. The molecule has 0 atom stereocenters. The van der Waals surface area contributed by atoms with E-state index in [1.54, 1.807) is 12.1 Å². The maximum absolute atomic E-state index is 12.5. The van der Waals surface area contributed by atoms with Crippen LogP contribution >= 0.6 is 66.8 Å². The third-order valence-corrected chi connectivity index (χ3v) is 7.74. The van der Waals surface area contributed by atoms with Gasteiger partial charge in [-0.15, -0.1) is 0 Å². The van der Waals surface area contributed by atoms with Crippen molar-refractivity contribution in [1.29, 1.82) is 0 Å². The Kier molecular flexibility index (Phi) is 8.43. The minimum absolute atomic E-state index is 0.180. The molecule has 0 saturated carbocycles. The fourth-order valence-electron chi connectivity index (χ4n) is 3.14. The van der Waals surface area contributed by atoms with E-state index in [-0.39, 0.29) is 5.91 Å². The van der Waals surface area contributed by atoms with Crippen molar-refractivity contribution in [3.05, 3.63) is 95.2 Å². The van der Waals surface area contributed by atoms with Crippen molar-refractivity contribution in [3.8, 4) is 5.75 Å². The number of halogens is 4. The smallest absolute Gasteiger partial charge is 0.264 e. The van der Waals surface area contributed by atoms with Crippen LogP contribution in [-0.4, -0.2) is 11.1 Å². The molecule has 0 aliphatic carbocycles. The van der Waals surface area contributed by atoms with Gasteiger partial charge in [-0.25, -0.2) is 4.99 Å². The van der Waals surface area contributed by atoms with E-state index in [1.807, 2.05) is 48.5 Å². The predicted molar refractivity (Wildman–Crippen MR) is 149 cm³/mol. The predicted octanol–water partition coefficient (Wildman–Crippen LogP) is 8.55. The van der Waals surface area contributed by atoms with Gasteiger partial charge >= 0.3 is 0 Å². The number of nitrogens with one attached hydrogen (secondary N) is 1. The Morgan fingerprint density at radius 2 is 1.68 bits per heavy atom. The van der Waals surface area contributed by atoms with Crippen LogP contribution in [0.4, 0.5) is 5.69 Å². The maximum Gasteiger partial charge on any atom is 0.264 e. The molecule has 0 radical (unpaired) electrons. The highest BCUT2D eigenvalue weighted by Crippen LogP contribution is 2.37. The number of amides is 1. The van der Waals surface area contributed by atoms with Gasteiger partial charge in [-0.2, -0.15) is 0 Å². The molecule has 1 aliphatic rings. The van der Waals surface area contributed by atoms with Crippen LogP contribution in [0.2, 0.25) is 10.0 Å². The molecule has 3 aromatic carbocycles. The zero-order chi connectivity index (χ0) is 24.2. The van der Waals surface area contributed by atoms with Gasteiger partial charge in [0.15, 0.2) is 5.17 Å². The number of rotatable bonds is 6. The molecule has 0 unspecified atom stereocenters. The van der Waals surface area contributed by atoms with E-state index in [2.05, 4.69) is 49.1 Å². The Hall–Kier alpha value is -1.77. The molecule has 1 amide bonds. The highest BCUT2D eigenvalue weighted by atomic mass is 79.9. The van der Waals surface area contributed by atoms with Crippen molar-refractivity contribution < 1.29 is 9.53 Å². The second-order valence-corrected chi connectivity index (χ2v) is 10.9. The van der Waals surface area contributed by atoms with Gasteiger partial charge in [0.1, 0.15) is 12.4 Å². The first-order valence-corrected chi connectivity index (χ1v) is 13.4. The highest BCUT2D eigenvalue weighted by Gasteiger charge is 2.24. The summed E-state index contributed by atoms with van der Waals surface area (Å²) in [5.41, 5.74) is 3.78. The summed E-state index contributed by atoms with van der Waals surface area (Å²) in [6.07, 6.45) is 2.79. The van der Waals surface area contributed by atoms with Crippen LogP contribution in [0, 0.1) is 0 Å². The van der Waals surface area contributed by atoms with E-state index >= 15 is 0 Å². The molecular formula is C25H18Br2Cl2N2O2S. The quantitative estimate of drug-likeness (QED) is 0.275. The molecular weight excluding hydrogens is 623 g/mol. The molecule has 1 heterocycles. The van der Waals surface area contributed by atoms with Gasteiger partial charge < -0.3 is 10.1 Å². The highest BCUT2D eigenvalue weighted by molar-refractivity contribution is 9.11. The van der Waals surface area contributed by atoms with Crippen molar-refractivity contribution in [2.45, 2.75) is 20.0 Å². The number of ether oxygens (including phenoxy) is 1. The zero-order valence-corrected chi connectivity index (χ0v) is 23.4. The molecule has 4 nitrogen and oxygen atoms in total. The average Bonchev–Trinajstić information content (AvgIpc) is 3.14. The van der Waals surface area contributed by atoms with Gasteiger partial charge in [0.25, 0.3) is 5.91 Å². The van der Waals surface area contributed by atoms with Crippen molar-refractivity contribution >= 4 is 89.7 Å². The van der Waals surface area contributed by atoms with Crippen molar-refractivity contribution in [2.24, 2.45) is 4.99 Å². The van der Waals surface area contributed by atoms with Crippen LogP contribution in [0.3, 0.4) is 0 Å². The molecule has 4 rings (SSSR count). The number of benzene rings is 3. The van der Waals surface area contributed by atoms with E-state index < -0.39 is 0 Å². The number of carbonyl (C=O) groups is 1. The van der Waals surface area contributed by atoms with Crippen LogP contribution in [-0.2, 0) is 17.8 Å². The van der Waals surface area contributed by atoms with Gasteiger partial charge in [-0.05, 0) is 109 Å². The average molecular weight is 641 g/mol. The second-order valence-electron chi connectivity index (χ2n) is 7.35. The molecule has 0 bridgehead atoms. The molecule has 174 valence electrons. The minimum Gasteiger partial charge on any atom is -0.487 e. The Balaban J connectivity index is 1.48. The molecule has 1 aliphatic heterocycles. The fraction of sp³-hybridized carbons (Fsp3) is 0.120. The fourth-order valence-corrected chi connectivity index (χ4v) is 5.75. The lowest BCUT2D eigenvalue weighted by Crippen LogP contribution is -2.19. The standard InChI is InChI=1S/C25H18Br2Cl2N2O2S/c1-2-14-3-6-17(7-4-14)30-25-31-24(32)22(34-25)12-16-9-18(26)23(19(27)10-16)33-13-15-5-8-20(28)21(29)11-15/h3-12H,2,13H2,1H3,(H,30,31,32)/b22-12-. The van der Waals surface area contributed by atoms with Crippen molar-refractivity contribution in [3.63, 3.8) is 0 Å². The summed E-state index contributed by atoms with van der Waals surface area (Å²) < 4.78 is 7.48. The number of hydrogen-bond acceptors (Lipinski definition) is 4. The number of carbonyl (C=O) groups excluding carboxylic acids is 1. The van der Waals surface area contributed by atoms with E-state index in [4.69, 9.17) is 27.9 Å². The lowest BCUT2D eigenvalue weighted by Gasteiger charge is -2.12. The van der Waals surface area contributed by atoms with Gasteiger partial charge in [0.05, 0.1) is 29.6 Å². The van der Waals surface area contributed by atoms with Crippen LogP contribution < -0.4 is 10.1 Å². The third-order valence-electron chi connectivity index (χ3n) is 4.91. The normalized spacial score (nSPS) is 15.7. The minimum atomic E-state index is -0.180. The summed E-state index contributed by atoms with van der Waals surface area (Å²) >= 11 is 20.5. The Bertz CT molecular complexity index is 1290. The number of hydrogen-bond donors (Lipinski definition) is 1.